The van der Waals surface area contributed by atoms with Gasteiger partial charge < -0.3 is 77.0 Å². The van der Waals surface area contributed by atoms with E-state index in [9.17, 15) is 19.2 Å². The first-order valence-electron chi connectivity index (χ1n) is 44.2. The number of nitrogens with zero attached hydrogens (tertiary/aromatic N) is 15. The fourth-order valence-electron chi connectivity index (χ4n) is 18.3. The molecule has 0 aromatic carbocycles. The van der Waals surface area contributed by atoms with Gasteiger partial charge in [0.2, 0.25) is 0 Å². The molecule has 8 bridgehead atoms. The Bertz CT molecular complexity index is 5700. The zero-order valence-corrected chi connectivity index (χ0v) is 77.7. The van der Waals surface area contributed by atoms with Crippen molar-refractivity contribution in [2.24, 2.45) is 5.73 Å². The van der Waals surface area contributed by atoms with Crippen molar-refractivity contribution in [1.29, 1.82) is 0 Å². The van der Waals surface area contributed by atoms with Gasteiger partial charge in [0.1, 0.15) is 72.8 Å². The minimum Gasteiger partial charge on any atom is -0.444 e. The molecule has 0 spiro atoms. The van der Waals surface area contributed by atoms with Crippen LogP contribution in [0.4, 0.5) is 65.7 Å². The Balaban J connectivity index is 0.000000129. The lowest BCUT2D eigenvalue weighted by Gasteiger charge is -2.39. The number of nitrogen functional groups attached to an aromatic ring is 1. The molecule has 19 heterocycles. The number of nitrogens with one attached hydrogen (secondary N) is 8. The Morgan fingerprint density at radius 1 is 0.414 bits per heavy atom. The molecule has 3 amide bonds. The van der Waals surface area contributed by atoms with Gasteiger partial charge in [0.25, 0.3) is 0 Å². The first-order valence-corrected chi connectivity index (χ1v) is 45.3. The van der Waals surface area contributed by atoms with Gasteiger partial charge in [-0.15, -0.1) is 5.10 Å². The van der Waals surface area contributed by atoms with Crippen molar-refractivity contribution in [2.45, 2.75) is 301 Å². The van der Waals surface area contributed by atoms with Gasteiger partial charge in [-0.05, 0) is 255 Å². The Labute approximate surface area is 761 Å². The molecular weight excluding hydrogens is 1690 g/mol. The number of aromatic amines is 2. The predicted molar refractivity (Wildman–Crippen MR) is 501 cm³/mol. The number of anilines is 8. The highest BCUT2D eigenvalue weighted by molar-refractivity contribution is 6.36. The van der Waals surface area contributed by atoms with Gasteiger partial charge >= 0.3 is 24.4 Å². The molecule has 8 fully saturated rings. The van der Waals surface area contributed by atoms with Crippen LogP contribution in [0.15, 0.2) is 116 Å². The van der Waals surface area contributed by atoms with E-state index in [1.807, 2.05) is 164 Å². The number of nitrogens with two attached hydrogens (primary N) is 2. The lowest BCUT2D eigenvalue weighted by atomic mass is 9.97. The maximum absolute atomic E-state index is 12.8. The fraction of sp³-hybridized carbons (Fsp3) is 0.511. The summed E-state index contributed by atoms with van der Waals surface area (Å²) in [4.78, 5) is 90.4. The van der Waals surface area contributed by atoms with E-state index in [1.54, 1.807) is 64.5 Å². The SMILES string of the molecule is CC(C)(C)OC(=O)N1[C@@H]2CC[C@H]1CC(N)C2.CC(C)(C)OC(=O)N1[C@@H]2CC[C@H]1CC(Nc1nc(Cl)cc3ncccc13)C2.Cc1cc(N)nn1C(=O)OC(C)(C)C.Cc1cc(Nc2cc3ncccc3c(NC3C[C@H]4CC[C@@H](C3)N4)n2)n[nH]1.Cc1cc(Nc2cc3ncccc3c(NC3C[C@H]4CC[C@@H](C3)N4C(=O)OC(C)(C)C)n2)n[nH]1.Clc1cc2ncccc2c(Cl)n1. The number of aryl methyl sites for hydroxylation is 3. The van der Waals surface area contributed by atoms with E-state index in [2.05, 4.69) is 93.4 Å². The van der Waals surface area contributed by atoms with Crippen molar-refractivity contribution in [2.75, 3.05) is 32.3 Å². The minimum absolute atomic E-state index is 0.160. The molecule has 0 radical (unpaired) electrons. The Kier molecular flexibility index (Phi) is 28.6. The summed E-state index contributed by atoms with van der Waals surface area (Å²) >= 11 is 17.7. The standard InChI is InChI=1S/C24H31N7O2.C20H25ClN4O2.C19H23N7.C12H22N2O2.C9H15N3O2.C8H4Cl2N2/c1-14-10-21(30-29-14)27-20-13-19-18(6-5-9-25-19)22(28-20)26-15-11-16-7-8-17(12-15)31(16)23(32)33-24(2,3)4;1-20(2,3)27-19(26)25-13-6-7-14(25)10-12(9-13)23-18-15-5-4-8-22-16(15)11-17(21)24-18;1-11-7-18(26-25-11)23-17-10-16-15(3-2-6-20-16)19(24-17)22-14-8-12-4-5-13(9-14)21-12;1-12(2,3)16-11(15)14-9-4-5-10(14)7-8(13)6-9;1-6-5-7(10)11-12(6)8(13)14-9(2,3)4;9-7-4-6-5(8(10)12-7)2-1-3-11-6/h5-6,9-10,13,15-17H,7-8,11-12H2,1-4H3,(H3,26,27,28,29,30);4-5,8,11-14H,6-7,9-10H2,1-3H3,(H,23,24);2-3,6-7,10,12-14,21H,4-5,8-9H2,1H3,(H3,22,23,24,25,26);8-10H,4-7,13H2,1-3H3;5H,1-4H3,(H2,10,11);1-4H/t15?,16-,17+;12?,13-,14+;12-,13+,14?;8?,9-,10+;;. The highest BCUT2D eigenvalue weighted by Gasteiger charge is 2.48. The molecule has 682 valence electrons. The molecule has 19 rings (SSSR count). The first kappa shape index (κ1) is 92.9. The number of ether oxygens (including phenoxy) is 4. The van der Waals surface area contributed by atoms with Crippen LogP contribution in [0, 0.1) is 20.8 Å². The summed E-state index contributed by atoms with van der Waals surface area (Å²) < 4.78 is 23.0. The molecule has 0 saturated carbocycles. The molecular formula is C92H120Cl3N25O8. The third-order valence-electron chi connectivity index (χ3n) is 23.2. The summed E-state index contributed by atoms with van der Waals surface area (Å²) in [5, 5.41) is 44.3. The highest BCUT2D eigenvalue weighted by Crippen LogP contribution is 2.43. The number of hydrogen-bond donors (Lipinski definition) is 10. The van der Waals surface area contributed by atoms with Gasteiger partial charge in [0.05, 0.1) is 22.1 Å². The van der Waals surface area contributed by atoms with Gasteiger partial charge in [-0.25, -0.2) is 39.1 Å². The van der Waals surface area contributed by atoms with Crippen molar-refractivity contribution in [1.82, 2.24) is 90.1 Å². The average molecular weight is 1810 g/mol. The van der Waals surface area contributed by atoms with E-state index < -0.39 is 28.5 Å². The molecule has 128 heavy (non-hydrogen) atoms. The molecule has 8 aliphatic rings. The van der Waals surface area contributed by atoms with E-state index in [0.29, 0.717) is 68.8 Å². The van der Waals surface area contributed by atoms with E-state index in [-0.39, 0.29) is 60.6 Å². The predicted octanol–water partition coefficient (Wildman–Crippen LogP) is 18.8. The third kappa shape index (κ3) is 24.4. The van der Waals surface area contributed by atoms with Crippen molar-refractivity contribution in [3.05, 3.63) is 148 Å². The lowest BCUT2D eigenvalue weighted by Crippen LogP contribution is -2.51. The smallest absolute Gasteiger partial charge is 0.435 e. The summed E-state index contributed by atoms with van der Waals surface area (Å²) in [5.74, 6) is 5.68. The van der Waals surface area contributed by atoms with Crippen LogP contribution in [-0.2, 0) is 18.9 Å². The number of hydrogen-bond acceptors (Lipinski definition) is 27. The summed E-state index contributed by atoms with van der Waals surface area (Å²) in [6, 6.07) is 32.3. The Morgan fingerprint density at radius 3 is 1.11 bits per heavy atom. The van der Waals surface area contributed by atoms with Crippen molar-refractivity contribution in [3.8, 4) is 0 Å². The summed E-state index contributed by atoms with van der Waals surface area (Å²) in [6.07, 6.45) is 22.5. The van der Waals surface area contributed by atoms with Gasteiger partial charge in [0.15, 0.2) is 11.6 Å². The Hall–Kier alpha value is -11.3. The molecule has 12 atom stereocenters. The van der Waals surface area contributed by atoms with Crippen LogP contribution in [-0.4, -0.2) is 204 Å². The molecule has 11 aromatic rings. The number of amides is 3. The van der Waals surface area contributed by atoms with Crippen LogP contribution >= 0.6 is 34.8 Å². The number of carbonyl (C=O) groups excluding carboxylic acids is 4. The van der Waals surface area contributed by atoms with Crippen LogP contribution in [0.1, 0.15) is 203 Å². The second-order valence-corrected chi connectivity index (χ2v) is 39.5. The molecule has 36 heteroatoms. The van der Waals surface area contributed by atoms with Crippen LogP contribution in [0.25, 0.3) is 43.6 Å². The van der Waals surface area contributed by atoms with E-state index in [4.69, 9.17) is 75.2 Å². The van der Waals surface area contributed by atoms with Crippen molar-refractivity contribution < 1.29 is 38.1 Å². The number of aromatic nitrogens is 14. The normalized spacial score (nSPS) is 22.5. The molecule has 4 unspecified atom stereocenters. The maximum Gasteiger partial charge on any atom is 0.435 e. The number of fused-ring (bicyclic) bond motifs is 12. The average Bonchev–Trinajstić information content (AvgIpc) is 1.59. The molecule has 8 aliphatic heterocycles. The summed E-state index contributed by atoms with van der Waals surface area (Å²) in [5.41, 5.74) is 15.6. The Morgan fingerprint density at radius 2 is 0.750 bits per heavy atom. The van der Waals surface area contributed by atoms with E-state index in [1.165, 1.54) is 12.8 Å². The number of H-pyrrole nitrogens is 2. The highest BCUT2D eigenvalue weighted by atomic mass is 35.5. The number of carbonyl (C=O) groups is 4. The van der Waals surface area contributed by atoms with Crippen molar-refractivity contribution >= 4 is 149 Å². The monoisotopic (exact) mass is 1810 g/mol. The number of halogens is 3. The maximum atomic E-state index is 12.8. The van der Waals surface area contributed by atoms with Gasteiger partial charge in [-0.3, -0.25) is 30.1 Å². The van der Waals surface area contributed by atoms with Crippen LogP contribution in [0.2, 0.25) is 15.5 Å². The molecule has 8 saturated heterocycles. The molecule has 12 N–H and O–H groups in total. The van der Waals surface area contributed by atoms with E-state index in [0.717, 1.165) is 179 Å². The molecule has 11 aromatic heterocycles. The summed E-state index contributed by atoms with van der Waals surface area (Å²) in [7, 11) is 0. The van der Waals surface area contributed by atoms with Gasteiger partial charge in [-0.1, -0.05) is 34.8 Å². The fourth-order valence-corrected chi connectivity index (χ4v) is 18.9. The van der Waals surface area contributed by atoms with Gasteiger partial charge in [-0.2, -0.15) is 14.9 Å². The van der Waals surface area contributed by atoms with Crippen LogP contribution < -0.4 is 43.4 Å². The minimum atomic E-state index is -0.524. The lowest BCUT2D eigenvalue weighted by molar-refractivity contribution is 0.00522. The second-order valence-electron chi connectivity index (χ2n) is 38.4. The first-order chi connectivity index (χ1) is 60.7. The zero-order chi connectivity index (χ0) is 91.3. The zero-order valence-electron chi connectivity index (χ0n) is 75.5. The largest absolute Gasteiger partial charge is 0.444 e. The van der Waals surface area contributed by atoms with E-state index >= 15 is 0 Å². The van der Waals surface area contributed by atoms with Gasteiger partial charge in [0, 0.05) is 178 Å². The number of rotatable bonds is 10. The molecule has 33 nitrogen and oxygen atoms in total. The quantitative estimate of drug-likeness (QED) is 0.0449. The van der Waals surface area contributed by atoms with Crippen LogP contribution in [0.3, 0.4) is 0 Å². The second kappa shape index (κ2) is 39.4. The topological polar surface area (TPSA) is 417 Å². The molecule has 0 aliphatic carbocycles. The number of pyridine rings is 8. The third-order valence-corrected chi connectivity index (χ3v) is 23.9. The van der Waals surface area contributed by atoms with Crippen LogP contribution in [0.5, 0.6) is 0 Å². The van der Waals surface area contributed by atoms with Crippen molar-refractivity contribution in [3.63, 3.8) is 0 Å². The summed E-state index contributed by atoms with van der Waals surface area (Å²) in [6.45, 7) is 28.3. The number of piperidine rings is 4.